The number of rotatable bonds is 3. The van der Waals surface area contributed by atoms with Gasteiger partial charge in [-0.3, -0.25) is 0 Å². The van der Waals surface area contributed by atoms with Crippen molar-refractivity contribution in [2.24, 2.45) is 0 Å². The van der Waals surface area contributed by atoms with Gasteiger partial charge in [0.1, 0.15) is 5.01 Å². The van der Waals surface area contributed by atoms with E-state index in [1.54, 1.807) is 4.88 Å². The molecular weight excluding hydrogens is 296 g/mol. The van der Waals surface area contributed by atoms with Crippen LogP contribution in [0.25, 0.3) is 0 Å². The Labute approximate surface area is 137 Å². The molecule has 0 saturated carbocycles. The Hall–Kier alpha value is -0.0600. The minimum absolute atomic E-state index is 0.204. The number of nitrogens with one attached hydrogen (secondary N) is 1. The maximum absolute atomic E-state index is 5.11. The maximum atomic E-state index is 5.11. The predicted molar refractivity (Wildman–Crippen MR) is 94.6 cm³/mol. The molecule has 118 valence electrons. The van der Waals surface area contributed by atoms with Crippen LogP contribution in [0.2, 0.25) is 0 Å². The molecule has 2 nitrogen and oxygen atoms in total. The Morgan fingerprint density at radius 1 is 1.19 bits per heavy atom. The van der Waals surface area contributed by atoms with Gasteiger partial charge in [-0.15, -0.1) is 11.3 Å². The fourth-order valence-corrected chi connectivity index (χ4v) is 5.97. The molecule has 0 bridgehead atoms. The average Bonchev–Trinajstić information content (AvgIpc) is 2.89. The van der Waals surface area contributed by atoms with Gasteiger partial charge in [-0.25, -0.2) is 4.98 Å². The van der Waals surface area contributed by atoms with E-state index in [0.717, 1.165) is 6.54 Å². The molecule has 4 heteroatoms. The highest BCUT2D eigenvalue weighted by molar-refractivity contribution is 7.99. The molecule has 0 amide bonds. The molecule has 3 rings (SSSR count). The third-order valence-electron chi connectivity index (χ3n) is 4.42. The number of nitrogens with zero attached hydrogens (tertiary/aromatic N) is 1. The zero-order chi connectivity index (χ0) is 14.9. The standard InChI is InChI=1S/C17H28N2S2/c1-17(2,3)18-11-12-7-6-9-13-15(12)19-16(21-13)14-8-4-5-10-20-14/h12,14,18H,4-11H2,1-3H3. The van der Waals surface area contributed by atoms with Gasteiger partial charge in [0.05, 0.1) is 10.9 Å². The maximum Gasteiger partial charge on any atom is 0.106 e. The van der Waals surface area contributed by atoms with Gasteiger partial charge >= 0.3 is 0 Å². The van der Waals surface area contributed by atoms with Gasteiger partial charge in [-0.05, 0) is 58.6 Å². The number of hydrogen-bond acceptors (Lipinski definition) is 4. The molecule has 2 atom stereocenters. The van der Waals surface area contributed by atoms with Crippen molar-refractivity contribution in [2.45, 2.75) is 76.0 Å². The molecule has 21 heavy (non-hydrogen) atoms. The summed E-state index contributed by atoms with van der Waals surface area (Å²) in [5.41, 5.74) is 1.64. The summed E-state index contributed by atoms with van der Waals surface area (Å²) >= 11 is 4.15. The van der Waals surface area contributed by atoms with E-state index in [9.17, 15) is 0 Å². The van der Waals surface area contributed by atoms with Crippen LogP contribution >= 0.6 is 23.1 Å². The molecule has 0 spiro atoms. The van der Waals surface area contributed by atoms with E-state index in [-0.39, 0.29) is 5.54 Å². The van der Waals surface area contributed by atoms with Crippen LogP contribution in [0.4, 0.5) is 0 Å². The number of aromatic nitrogens is 1. The highest BCUT2D eigenvalue weighted by Gasteiger charge is 2.28. The Bertz CT molecular complexity index is 470. The predicted octanol–water partition coefficient (Wildman–Crippen LogP) is 4.91. The number of aryl methyl sites for hydroxylation is 1. The van der Waals surface area contributed by atoms with Gasteiger partial charge in [-0.2, -0.15) is 11.8 Å². The van der Waals surface area contributed by atoms with Crippen LogP contribution in [0, 0.1) is 0 Å². The zero-order valence-electron chi connectivity index (χ0n) is 13.6. The first-order valence-electron chi connectivity index (χ1n) is 8.39. The molecule has 0 aromatic carbocycles. The lowest BCUT2D eigenvalue weighted by atomic mass is 9.90. The van der Waals surface area contributed by atoms with Crippen LogP contribution in [-0.4, -0.2) is 22.8 Å². The summed E-state index contributed by atoms with van der Waals surface area (Å²) in [6.45, 7) is 7.84. The number of thioether (sulfide) groups is 1. The van der Waals surface area contributed by atoms with Gasteiger partial charge in [0.15, 0.2) is 0 Å². The Morgan fingerprint density at radius 3 is 2.76 bits per heavy atom. The highest BCUT2D eigenvalue weighted by atomic mass is 32.2. The van der Waals surface area contributed by atoms with Crippen molar-refractivity contribution in [3.63, 3.8) is 0 Å². The first-order chi connectivity index (χ1) is 10.0. The molecule has 1 aliphatic heterocycles. The Morgan fingerprint density at radius 2 is 2.05 bits per heavy atom. The van der Waals surface area contributed by atoms with Gasteiger partial charge in [0.25, 0.3) is 0 Å². The van der Waals surface area contributed by atoms with Crippen LogP contribution in [0.5, 0.6) is 0 Å². The summed E-state index contributed by atoms with van der Waals surface area (Å²) in [6, 6.07) is 0. The van der Waals surface area contributed by atoms with Crippen molar-refractivity contribution in [3.05, 3.63) is 15.6 Å². The normalized spacial score (nSPS) is 26.6. The topological polar surface area (TPSA) is 24.9 Å². The summed E-state index contributed by atoms with van der Waals surface area (Å²) in [7, 11) is 0. The van der Waals surface area contributed by atoms with E-state index in [0.29, 0.717) is 11.2 Å². The first-order valence-corrected chi connectivity index (χ1v) is 10.3. The van der Waals surface area contributed by atoms with Crippen molar-refractivity contribution >= 4 is 23.1 Å². The van der Waals surface area contributed by atoms with E-state index in [1.165, 1.54) is 55.0 Å². The molecule has 2 heterocycles. The summed E-state index contributed by atoms with van der Waals surface area (Å²) in [5.74, 6) is 1.95. The number of thiazole rings is 1. The van der Waals surface area contributed by atoms with E-state index in [2.05, 4.69) is 37.8 Å². The summed E-state index contributed by atoms with van der Waals surface area (Å²) in [4.78, 5) is 6.70. The van der Waals surface area contributed by atoms with Crippen LogP contribution in [0.3, 0.4) is 0 Å². The lowest BCUT2D eigenvalue weighted by Crippen LogP contribution is -2.39. The molecule has 1 saturated heterocycles. The summed E-state index contributed by atoms with van der Waals surface area (Å²) in [5, 5.41) is 5.79. The van der Waals surface area contributed by atoms with Crippen molar-refractivity contribution in [1.29, 1.82) is 0 Å². The largest absolute Gasteiger partial charge is 0.311 e. The minimum atomic E-state index is 0.204. The van der Waals surface area contributed by atoms with E-state index >= 15 is 0 Å². The monoisotopic (exact) mass is 324 g/mol. The molecule has 0 radical (unpaired) electrons. The summed E-state index contributed by atoms with van der Waals surface area (Å²) in [6.07, 6.45) is 8.01. The lowest BCUT2D eigenvalue weighted by Gasteiger charge is -2.27. The number of hydrogen-bond donors (Lipinski definition) is 1. The van der Waals surface area contributed by atoms with Gasteiger partial charge < -0.3 is 5.32 Å². The second-order valence-corrected chi connectivity index (χ2v) is 9.86. The van der Waals surface area contributed by atoms with Crippen molar-refractivity contribution < 1.29 is 0 Å². The molecular formula is C17H28N2S2. The van der Waals surface area contributed by atoms with Gasteiger partial charge in [0, 0.05) is 22.9 Å². The smallest absolute Gasteiger partial charge is 0.106 e. The van der Waals surface area contributed by atoms with Gasteiger partial charge in [0.2, 0.25) is 0 Å². The second-order valence-electron chi connectivity index (χ2n) is 7.44. The molecule has 2 unspecified atom stereocenters. The molecule has 1 aromatic rings. The third-order valence-corrected chi connectivity index (χ3v) is 7.20. The molecule has 1 aromatic heterocycles. The summed E-state index contributed by atoms with van der Waals surface area (Å²) < 4.78 is 0. The lowest BCUT2D eigenvalue weighted by molar-refractivity contribution is 0.388. The van der Waals surface area contributed by atoms with Gasteiger partial charge in [-0.1, -0.05) is 6.42 Å². The van der Waals surface area contributed by atoms with E-state index < -0.39 is 0 Å². The molecule has 2 aliphatic rings. The highest BCUT2D eigenvalue weighted by Crippen LogP contribution is 2.43. The molecule has 1 fully saturated rings. The zero-order valence-corrected chi connectivity index (χ0v) is 15.2. The van der Waals surface area contributed by atoms with E-state index in [1.807, 2.05) is 11.3 Å². The first kappa shape index (κ1) is 15.8. The van der Waals surface area contributed by atoms with E-state index in [4.69, 9.17) is 4.98 Å². The quantitative estimate of drug-likeness (QED) is 0.855. The fraction of sp³-hybridized carbons (Fsp3) is 0.824. The Balaban J connectivity index is 1.73. The van der Waals surface area contributed by atoms with Crippen molar-refractivity contribution in [2.75, 3.05) is 12.3 Å². The van der Waals surface area contributed by atoms with Crippen LogP contribution in [0.15, 0.2) is 0 Å². The van der Waals surface area contributed by atoms with Crippen LogP contribution in [-0.2, 0) is 6.42 Å². The SMILES string of the molecule is CC(C)(C)NCC1CCCc2sc(C3CCCCS3)nc21. The average molecular weight is 325 g/mol. The van der Waals surface area contributed by atoms with Crippen LogP contribution < -0.4 is 5.32 Å². The Kier molecular flexibility index (Phi) is 4.97. The minimum Gasteiger partial charge on any atom is -0.311 e. The third kappa shape index (κ3) is 4.02. The second kappa shape index (κ2) is 6.59. The molecule has 1 aliphatic carbocycles. The fourth-order valence-electron chi connectivity index (χ4n) is 3.23. The number of fused-ring (bicyclic) bond motifs is 1. The van der Waals surface area contributed by atoms with Crippen molar-refractivity contribution in [3.8, 4) is 0 Å². The van der Waals surface area contributed by atoms with Crippen LogP contribution in [0.1, 0.15) is 79.6 Å². The van der Waals surface area contributed by atoms with Crippen molar-refractivity contribution in [1.82, 2.24) is 10.3 Å². The molecule has 1 N–H and O–H groups in total.